The molecule has 5 nitrogen and oxygen atoms in total. The van der Waals surface area contributed by atoms with Crippen LogP contribution in [0.1, 0.15) is 45.4 Å². The van der Waals surface area contributed by atoms with Crippen LogP contribution in [0.25, 0.3) is 0 Å². The van der Waals surface area contributed by atoms with E-state index < -0.39 is 11.4 Å². The average molecular weight is 268 g/mol. The van der Waals surface area contributed by atoms with Crippen molar-refractivity contribution in [3.05, 3.63) is 0 Å². The first-order chi connectivity index (χ1) is 8.93. The number of rotatable bonds is 3. The van der Waals surface area contributed by atoms with Gasteiger partial charge in [-0.2, -0.15) is 0 Å². The lowest BCUT2D eigenvalue weighted by atomic mass is 9.82. The molecule has 0 bridgehead atoms. The van der Waals surface area contributed by atoms with Crippen molar-refractivity contribution in [3.63, 3.8) is 0 Å². The van der Waals surface area contributed by atoms with E-state index in [1.54, 1.807) is 0 Å². The van der Waals surface area contributed by atoms with E-state index >= 15 is 0 Å². The summed E-state index contributed by atoms with van der Waals surface area (Å²) in [5, 5.41) is 8.87. The van der Waals surface area contributed by atoms with E-state index in [9.17, 15) is 9.59 Å². The Balaban J connectivity index is 2.01. The third-order valence-corrected chi connectivity index (χ3v) is 4.79. The van der Waals surface area contributed by atoms with Gasteiger partial charge in [-0.3, -0.25) is 9.59 Å². The molecular weight excluding hydrogens is 244 g/mol. The number of hydrogen-bond acceptors (Lipinski definition) is 3. The standard InChI is InChI=1S/C14H24N2O3/c1-14(6-2-5-11(14)15)13(19)16-7-3-4-10(9-16)8-12(17)18/h10-11H,2-9,15H2,1H3,(H,17,18). The van der Waals surface area contributed by atoms with Crippen LogP contribution in [0.4, 0.5) is 0 Å². The zero-order chi connectivity index (χ0) is 14.0. The highest BCUT2D eigenvalue weighted by molar-refractivity contribution is 5.83. The van der Waals surface area contributed by atoms with Gasteiger partial charge in [0.15, 0.2) is 0 Å². The van der Waals surface area contributed by atoms with Crippen LogP contribution in [0.5, 0.6) is 0 Å². The molecule has 5 heteroatoms. The minimum atomic E-state index is -0.775. The number of hydrogen-bond donors (Lipinski definition) is 2. The maximum absolute atomic E-state index is 12.7. The molecule has 0 radical (unpaired) electrons. The maximum atomic E-state index is 12.7. The fraction of sp³-hybridized carbons (Fsp3) is 0.857. The predicted molar refractivity (Wildman–Crippen MR) is 71.5 cm³/mol. The number of piperidine rings is 1. The van der Waals surface area contributed by atoms with Crippen LogP contribution >= 0.6 is 0 Å². The number of carboxylic acid groups (broad SMARTS) is 1. The minimum absolute atomic E-state index is 0.0557. The summed E-state index contributed by atoms with van der Waals surface area (Å²) in [5.41, 5.74) is 5.66. The van der Waals surface area contributed by atoms with Crippen molar-refractivity contribution in [2.75, 3.05) is 13.1 Å². The Morgan fingerprint density at radius 2 is 2.11 bits per heavy atom. The number of aliphatic carboxylic acids is 1. The van der Waals surface area contributed by atoms with E-state index in [0.717, 1.165) is 38.6 Å². The van der Waals surface area contributed by atoms with Gasteiger partial charge >= 0.3 is 5.97 Å². The van der Waals surface area contributed by atoms with Gasteiger partial charge in [-0.1, -0.05) is 6.42 Å². The molecule has 2 fully saturated rings. The SMILES string of the molecule is CC1(C(=O)N2CCCC(CC(=O)O)C2)CCCC1N. The Morgan fingerprint density at radius 3 is 2.68 bits per heavy atom. The summed E-state index contributed by atoms with van der Waals surface area (Å²) in [7, 11) is 0. The highest BCUT2D eigenvalue weighted by atomic mass is 16.4. The Labute approximate surface area is 114 Å². The van der Waals surface area contributed by atoms with Crippen molar-refractivity contribution >= 4 is 11.9 Å². The van der Waals surface area contributed by atoms with Crippen molar-refractivity contribution in [3.8, 4) is 0 Å². The molecule has 1 saturated heterocycles. The first-order valence-corrected chi connectivity index (χ1v) is 7.20. The lowest BCUT2D eigenvalue weighted by molar-refractivity contribution is -0.146. The molecule has 1 amide bonds. The topological polar surface area (TPSA) is 83.6 Å². The largest absolute Gasteiger partial charge is 0.481 e. The molecule has 1 aliphatic carbocycles. The lowest BCUT2D eigenvalue weighted by Gasteiger charge is -2.39. The quantitative estimate of drug-likeness (QED) is 0.806. The van der Waals surface area contributed by atoms with Crippen LogP contribution in [-0.2, 0) is 9.59 Å². The number of nitrogens with two attached hydrogens (primary N) is 1. The van der Waals surface area contributed by atoms with Gasteiger partial charge in [-0.15, -0.1) is 0 Å². The lowest BCUT2D eigenvalue weighted by Crippen LogP contribution is -2.52. The molecule has 1 heterocycles. The smallest absolute Gasteiger partial charge is 0.303 e. The molecule has 0 aromatic carbocycles. The molecule has 3 N–H and O–H groups in total. The van der Waals surface area contributed by atoms with Crippen molar-refractivity contribution in [2.24, 2.45) is 17.1 Å². The zero-order valence-corrected chi connectivity index (χ0v) is 11.6. The molecule has 2 rings (SSSR count). The third kappa shape index (κ3) is 2.91. The maximum Gasteiger partial charge on any atom is 0.303 e. The normalized spacial score (nSPS) is 35.4. The van der Waals surface area contributed by atoms with Gasteiger partial charge in [0, 0.05) is 25.6 Å². The molecule has 0 spiro atoms. The highest BCUT2D eigenvalue weighted by Crippen LogP contribution is 2.39. The van der Waals surface area contributed by atoms with E-state index in [2.05, 4.69) is 0 Å². The van der Waals surface area contributed by atoms with Crippen LogP contribution in [-0.4, -0.2) is 41.0 Å². The Hall–Kier alpha value is -1.10. The molecule has 1 saturated carbocycles. The molecular formula is C14H24N2O3. The van der Waals surface area contributed by atoms with Gasteiger partial charge in [0.25, 0.3) is 0 Å². The van der Waals surface area contributed by atoms with Gasteiger partial charge in [0.05, 0.1) is 5.41 Å². The molecule has 3 unspecified atom stereocenters. The Kier molecular flexibility index (Phi) is 4.13. The number of carbonyl (C=O) groups excluding carboxylic acids is 1. The van der Waals surface area contributed by atoms with Crippen LogP contribution in [0.15, 0.2) is 0 Å². The number of amides is 1. The average Bonchev–Trinajstić information content (AvgIpc) is 2.69. The van der Waals surface area contributed by atoms with Crippen molar-refractivity contribution in [2.45, 2.75) is 51.5 Å². The Morgan fingerprint density at radius 1 is 1.37 bits per heavy atom. The van der Waals surface area contributed by atoms with E-state index in [1.807, 2.05) is 11.8 Å². The van der Waals surface area contributed by atoms with Crippen LogP contribution in [0.3, 0.4) is 0 Å². The highest BCUT2D eigenvalue weighted by Gasteiger charge is 2.45. The second-order valence-electron chi connectivity index (χ2n) is 6.27. The predicted octanol–water partition coefficient (Wildman–Crippen LogP) is 1.22. The molecule has 19 heavy (non-hydrogen) atoms. The second kappa shape index (κ2) is 5.49. The summed E-state index contributed by atoms with van der Waals surface area (Å²) in [6.45, 7) is 3.29. The summed E-state index contributed by atoms with van der Waals surface area (Å²) in [6.07, 6.45) is 4.73. The molecule has 0 aromatic rings. The van der Waals surface area contributed by atoms with Gasteiger partial charge < -0.3 is 15.7 Å². The fourth-order valence-electron chi connectivity index (χ4n) is 3.48. The Bertz CT molecular complexity index is 372. The van der Waals surface area contributed by atoms with Gasteiger partial charge in [0.2, 0.25) is 5.91 Å². The van der Waals surface area contributed by atoms with E-state index in [-0.39, 0.29) is 24.3 Å². The third-order valence-electron chi connectivity index (χ3n) is 4.79. The number of carbonyl (C=O) groups is 2. The van der Waals surface area contributed by atoms with Crippen LogP contribution < -0.4 is 5.73 Å². The van der Waals surface area contributed by atoms with Crippen molar-refractivity contribution in [1.29, 1.82) is 0 Å². The summed E-state index contributed by atoms with van der Waals surface area (Å²) in [4.78, 5) is 25.3. The summed E-state index contributed by atoms with van der Waals surface area (Å²) in [6, 6.07) is -0.0557. The molecule has 2 aliphatic rings. The summed E-state index contributed by atoms with van der Waals surface area (Å²) < 4.78 is 0. The van der Waals surface area contributed by atoms with E-state index in [4.69, 9.17) is 10.8 Å². The van der Waals surface area contributed by atoms with Gasteiger partial charge in [-0.25, -0.2) is 0 Å². The van der Waals surface area contributed by atoms with Crippen molar-refractivity contribution < 1.29 is 14.7 Å². The minimum Gasteiger partial charge on any atom is -0.481 e. The molecule has 108 valence electrons. The van der Waals surface area contributed by atoms with Crippen LogP contribution in [0, 0.1) is 11.3 Å². The van der Waals surface area contributed by atoms with E-state index in [0.29, 0.717) is 6.54 Å². The first-order valence-electron chi connectivity index (χ1n) is 7.20. The number of nitrogens with zero attached hydrogens (tertiary/aromatic N) is 1. The molecule has 3 atom stereocenters. The number of carboxylic acids is 1. The van der Waals surface area contributed by atoms with Crippen LogP contribution in [0.2, 0.25) is 0 Å². The van der Waals surface area contributed by atoms with Gasteiger partial charge in [0.1, 0.15) is 0 Å². The number of likely N-dealkylation sites (tertiary alicyclic amines) is 1. The zero-order valence-electron chi connectivity index (χ0n) is 11.6. The second-order valence-corrected chi connectivity index (χ2v) is 6.27. The van der Waals surface area contributed by atoms with Gasteiger partial charge in [-0.05, 0) is 38.5 Å². The molecule has 1 aliphatic heterocycles. The van der Waals surface area contributed by atoms with E-state index in [1.165, 1.54) is 0 Å². The monoisotopic (exact) mass is 268 g/mol. The summed E-state index contributed by atoms with van der Waals surface area (Å²) in [5.74, 6) is -0.549. The molecule has 0 aromatic heterocycles. The summed E-state index contributed by atoms with van der Waals surface area (Å²) >= 11 is 0. The van der Waals surface area contributed by atoms with Crippen molar-refractivity contribution in [1.82, 2.24) is 4.90 Å². The fourth-order valence-corrected chi connectivity index (χ4v) is 3.48. The first kappa shape index (κ1) is 14.3.